The molecule has 2 aromatic carbocycles. The molecule has 1 saturated heterocycles. The molecule has 6 nitrogen and oxygen atoms in total. The number of amides is 2. The van der Waals surface area contributed by atoms with Crippen LogP contribution in [0.1, 0.15) is 35.1 Å². The van der Waals surface area contributed by atoms with Gasteiger partial charge in [-0.15, -0.1) is 12.4 Å². The van der Waals surface area contributed by atoms with Crippen molar-refractivity contribution in [3.05, 3.63) is 71.5 Å². The molecule has 1 fully saturated rings. The van der Waals surface area contributed by atoms with Crippen molar-refractivity contribution < 1.29 is 9.59 Å². The van der Waals surface area contributed by atoms with Gasteiger partial charge in [0, 0.05) is 47.3 Å². The Labute approximate surface area is 198 Å². The van der Waals surface area contributed by atoms with Gasteiger partial charge in [-0.1, -0.05) is 36.4 Å². The first-order chi connectivity index (χ1) is 15.6. The average Bonchev–Trinajstić information content (AvgIpc) is 3.41. The number of rotatable bonds is 3. The largest absolute Gasteiger partial charge is 0.350 e. The number of carbonyl (C=O) groups is 2. The minimum absolute atomic E-state index is 0. The molecule has 7 heteroatoms. The predicted octanol–water partition coefficient (Wildman–Crippen LogP) is 3.60. The molecule has 2 amide bonds. The fourth-order valence-corrected chi connectivity index (χ4v) is 5.91. The highest BCUT2D eigenvalue weighted by molar-refractivity contribution is 6.13. The van der Waals surface area contributed by atoms with Crippen LogP contribution in [0.4, 0.5) is 0 Å². The topological polar surface area (TPSA) is 82.0 Å². The van der Waals surface area contributed by atoms with E-state index in [2.05, 4.69) is 22.0 Å². The molecule has 170 valence electrons. The van der Waals surface area contributed by atoms with E-state index in [9.17, 15) is 9.59 Å². The zero-order valence-electron chi connectivity index (χ0n) is 18.5. The van der Waals surface area contributed by atoms with Gasteiger partial charge in [0.05, 0.1) is 11.8 Å². The van der Waals surface area contributed by atoms with E-state index in [4.69, 9.17) is 5.73 Å². The Morgan fingerprint density at radius 1 is 0.970 bits per heavy atom. The number of para-hydroxylation sites is 2. The van der Waals surface area contributed by atoms with Crippen LogP contribution < -0.4 is 11.1 Å². The van der Waals surface area contributed by atoms with Crippen molar-refractivity contribution in [2.24, 2.45) is 18.7 Å². The number of hydrogen-bond acceptors (Lipinski definition) is 3. The highest BCUT2D eigenvalue weighted by Gasteiger charge is 2.47. The number of nitrogens with one attached hydrogen (secondary N) is 1. The van der Waals surface area contributed by atoms with Crippen LogP contribution in [0.5, 0.6) is 0 Å². The smallest absolute Gasteiger partial charge is 0.235 e. The van der Waals surface area contributed by atoms with Gasteiger partial charge in [-0.25, -0.2) is 0 Å². The molecule has 4 aromatic rings. The van der Waals surface area contributed by atoms with Crippen molar-refractivity contribution in [1.29, 1.82) is 0 Å². The fraction of sp³-hybridized carbons (Fsp3) is 0.308. The van der Waals surface area contributed by atoms with Crippen molar-refractivity contribution in [1.82, 2.24) is 14.5 Å². The predicted molar refractivity (Wildman–Crippen MR) is 132 cm³/mol. The standard InChI is InChI=1S/C26H26N4O2.ClH/c1-29-14-18(16-6-2-4-8-19(16)29)23-24(26(32)28-25(23)31)22-17-7-3-5-9-20(17)30-13-15(12-27)10-11-21(22)30;/h2-9,14-15,23-24H,10-13,27H2,1H3,(H,28,31,32);1H. The van der Waals surface area contributed by atoms with Crippen LogP contribution in [0, 0.1) is 5.92 Å². The maximum absolute atomic E-state index is 13.3. The van der Waals surface area contributed by atoms with Gasteiger partial charge < -0.3 is 14.9 Å². The van der Waals surface area contributed by atoms with E-state index in [-0.39, 0.29) is 24.2 Å². The highest BCUT2D eigenvalue weighted by atomic mass is 35.5. The number of nitrogens with zero attached hydrogens (tertiary/aromatic N) is 2. The van der Waals surface area contributed by atoms with Crippen molar-refractivity contribution >= 4 is 46.0 Å². The Morgan fingerprint density at radius 3 is 2.39 bits per heavy atom. The summed E-state index contributed by atoms with van der Waals surface area (Å²) in [6, 6.07) is 16.3. The van der Waals surface area contributed by atoms with Gasteiger partial charge in [-0.2, -0.15) is 0 Å². The number of carbonyl (C=O) groups excluding carboxylic acids is 2. The monoisotopic (exact) mass is 462 g/mol. The summed E-state index contributed by atoms with van der Waals surface area (Å²) in [5.41, 5.74) is 11.3. The molecule has 0 aliphatic carbocycles. The Hall–Kier alpha value is -3.09. The van der Waals surface area contributed by atoms with Gasteiger partial charge in [0.25, 0.3) is 0 Å². The van der Waals surface area contributed by atoms with E-state index in [1.807, 2.05) is 54.2 Å². The van der Waals surface area contributed by atoms with Gasteiger partial charge >= 0.3 is 0 Å². The summed E-state index contributed by atoms with van der Waals surface area (Å²) in [4.78, 5) is 26.5. The summed E-state index contributed by atoms with van der Waals surface area (Å²) >= 11 is 0. The molecular formula is C26H27ClN4O2. The molecule has 2 aliphatic heterocycles. The van der Waals surface area contributed by atoms with Gasteiger partial charge in [0.2, 0.25) is 11.8 Å². The normalized spacial score (nSPS) is 22.4. The van der Waals surface area contributed by atoms with Crippen LogP contribution in [0.25, 0.3) is 21.8 Å². The second-order valence-electron chi connectivity index (χ2n) is 9.15. The van der Waals surface area contributed by atoms with Crippen molar-refractivity contribution in [2.45, 2.75) is 31.2 Å². The lowest BCUT2D eigenvalue weighted by molar-refractivity contribution is -0.125. The molecule has 0 bridgehead atoms. The summed E-state index contributed by atoms with van der Waals surface area (Å²) in [6.07, 6.45) is 3.88. The van der Waals surface area contributed by atoms with Crippen LogP contribution in [-0.4, -0.2) is 27.5 Å². The minimum atomic E-state index is -0.545. The third kappa shape index (κ3) is 3.12. The Morgan fingerprint density at radius 2 is 1.64 bits per heavy atom. The lowest BCUT2D eigenvalue weighted by Gasteiger charge is -2.26. The first-order valence-corrected chi connectivity index (χ1v) is 11.3. The molecule has 3 atom stereocenters. The van der Waals surface area contributed by atoms with E-state index >= 15 is 0 Å². The summed E-state index contributed by atoms with van der Waals surface area (Å²) < 4.78 is 4.37. The molecule has 33 heavy (non-hydrogen) atoms. The quantitative estimate of drug-likeness (QED) is 0.456. The van der Waals surface area contributed by atoms with E-state index in [0.29, 0.717) is 12.5 Å². The first-order valence-electron chi connectivity index (χ1n) is 11.3. The van der Waals surface area contributed by atoms with Crippen molar-refractivity contribution in [3.8, 4) is 0 Å². The Balaban J connectivity index is 0.00000228. The zero-order valence-corrected chi connectivity index (χ0v) is 19.3. The van der Waals surface area contributed by atoms with E-state index in [1.165, 1.54) is 5.69 Å². The van der Waals surface area contributed by atoms with E-state index in [0.717, 1.165) is 52.3 Å². The molecule has 0 saturated carbocycles. The van der Waals surface area contributed by atoms with E-state index in [1.54, 1.807) is 0 Å². The van der Waals surface area contributed by atoms with Crippen LogP contribution in [0.2, 0.25) is 0 Å². The first kappa shape index (κ1) is 21.7. The van der Waals surface area contributed by atoms with E-state index < -0.39 is 11.8 Å². The molecule has 2 aliphatic rings. The fourth-order valence-electron chi connectivity index (χ4n) is 5.91. The summed E-state index contributed by atoms with van der Waals surface area (Å²) in [6.45, 7) is 1.51. The maximum Gasteiger partial charge on any atom is 0.235 e. The zero-order chi connectivity index (χ0) is 22.0. The third-order valence-corrected chi connectivity index (χ3v) is 7.40. The molecule has 3 unspecified atom stereocenters. The molecule has 3 N–H and O–H groups in total. The molecule has 0 radical (unpaired) electrons. The van der Waals surface area contributed by atoms with Crippen molar-refractivity contribution in [3.63, 3.8) is 0 Å². The third-order valence-electron chi connectivity index (χ3n) is 7.40. The number of benzene rings is 2. The number of aromatic nitrogens is 2. The summed E-state index contributed by atoms with van der Waals surface area (Å²) in [5.74, 6) is -1.07. The number of aryl methyl sites for hydroxylation is 1. The second kappa shape index (κ2) is 8.04. The van der Waals surface area contributed by atoms with Crippen LogP contribution in [0.15, 0.2) is 54.7 Å². The van der Waals surface area contributed by atoms with Crippen LogP contribution in [-0.2, 0) is 29.6 Å². The number of imide groups is 1. The molecular weight excluding hydrogens is 436 g/mol. The Kier molecular flexibility index (Phi) is 5.30. The second-order valence-corrected chi connectivity index (χ2v) is 9.15. The Bertz CT molecular complexity index is 1400. The lowest BCUT2D eigenvalue weighted by atomic mass is 9.80. The van der Waals surface area contributed by atoms with Gasteiger partial charge in [-0.3, -0.25) is 14.9 Å². The number of fused-ring (bicyclic) bond motifs is 4. The number of halogens is 1. The number of nitrogens with two attached hydrogens (primary N) is 1. The maximum atomic E-state index is 13.3. The van der Waals surface area contributed by atoms with Gasteiger partial charge in [-0.05, 0) is 48.6 Å². The molecule has 2 aromatic heterocycles. The summed E-state index contributed by atoms with van der Waals surface area (Å²) in [7, 11) is 1.98. The summed E-state index contributed by atoms with van der Waals surface area (Å²) in [5, 5.41) is 4.75. The van der Waals surface area contributed by atoms with Crippen LogP contribution in [0.3, 0.4) is 0 Å². The van der Waals surface area contributed by atoms with Crippen molar-refractivity contribution in [2.75, 3.05) is 6.54 Å². The molecule has 4 heterocycles. The average molecular weight is 463 g/mol. The van der Waals surface area contributed by atoms with Gasteiger partial charge in [0.1, 0.15) is 0 Å². The molecule has 0 spiro atoms. The van der Waals surface area contributed by atoms with Gasteiger partial charge in [0.15, 0.2) is 0 Å². The molecule has 6 rings (SSSR count). The minimum Gasteiger partial charge on any atom is -0.350 e. The SMILES string of the molecule is Cl.Cn1cc(C2C(=O)NC(=O)C2c2c3n(c4ccccc24)CC(CN)CC3)c2ccccc21. The van der Waals surface area contributed by atoms with Crippen LogP contribution >= 0.6 is 12.4 Å². The highest BCUT2D eigenvalue weighted by Crippen LogP contribution is 2.46. The number of hydrogen-bond donors (Lipinski definition) is 2. The lowest BCUT2D eigenvalue weighted by Crippen LogP contribution is -2.27.